The number of nitrogens with one attached hydrogen (secondary N) is 1. The number of rotatable bonds is 3. The maximum absolute atomic E-state index is 12.7. The van der Waals surface area contributed by atoms with E-state index in [0.29, 0.717) is 6.04 Å². The number of fused-ring (bicyclic) bond motifs is 1. The second-order valence-electron chi connectivity index (χ2n) is 7.21. The molecule has 0 bridgehead atoms. The number of carbonyl (C=O) groups excluding carboxylic acids is 1. The molecule has 0 atom stereocenters. The van der Waals surface area contributed by atoms with E-state index >= 15 is 0 Å². The summed E-state index contributed by atoms with van der Waals surface area (Å²) in [7, 11) is 0. The Hall–Kier alpha value is -2.93. The third kappa shape index (κ3) is 3.04. The fourth-order valence-electron chi connectivity index (χ4n) is 3.96. The largest absolute Gasteiger partial charge is 0.354 e. The van der Waals surface area contributed by atoms with Crippen molar-refractivity contribution in [2.24, 2.45) is 0 Å². The summed E-state index contributed by atoms with van der Waals surface area (Å²) in [5.74, 6) is 1.16. The van der Waals surface area contributed by atoms with Crippen molar-refractivity contribution in [1.82, 2.24) is 24.8 Å². The molecule has 1 aromatic carbocycles. The van der Waals surface area contributed by atoms with E-state index in [1.165, 1.54) is 0 Å². The van der Waals surface area contributed by atoms with Crippen LogP contribution in [0.2, 0.25) is 0 Å². The van der Waals surface area contributed by atoms with Gasteiger partial charge in [-0.1, -0.05) is 6.07 Å². The Balaban J connectivity index is 1.16. The normalized spacial score (nSPS) is 18.7. The Morgan fingerprint density at radius 3 is 2.67 bits per heavy atom. The summed E-state index contributed by atoms with van der Waals surface area (Å²) < 4.78 is 0. The van der Waals surface area contributed by atoms with Crippen molar-refractivity contribution >= 4 is 22.8 Å². The minimum atomic E-state index is 0.106. The SMILES string of the molecule is O=C(c1ccc2nc[nH]c2c1)N1CC(N2CCN(c3ccccn3)CC2)C1. The molecular formula is C20H22N6O. The number of likely N-dealkylation sites (tertiary alicyclic amines) is 1. The lowest BCUT2D eigenvalue weighted by Gasteiger charge is -2.48. The highest BCUT2D eigenvalue weighted by Crippen LogP contribution is 2.22. The highest BCUT2D eigenvalue weighted by atomic mass is 16.2. The zero-order valence-electron chi connectivity index (χ0n) is 15.1. The minimum absolute atomic E-state index is 0.106. The lowest BCUT2D eigenvalue weighted by Crippen LogP contribution is -2.64. The average molecular weight is 362 g/mol. The van der Waals surface area contributed by atoms with Crippen LogP contribution in [0.4, 0.5) is 5.82 Å². The van der Waals surface area contributed by atoms with Gasteiger partial charge in [0.15, 0.2) is 0 Å². The highest BCUT2D eigenvalue weighted by molar-refractivity contribution is 5.97. The number of hydrogen-bond donors (Lipinski definition) is 1. The van der Waals surface area contributed by atoms with E-state index in [0.717, 1.165) is 61.7 Å². The number of nitrogens with zero attached hydrogens (tertiary/aromatic N) is 5. The van der Waals surface area contributed by atoms with Crippen molar-refractivity contribution < 1.29 is 4.79 Å². The molecule has 0 aliphatic carbocycles. The van der Waals surface area contributed by atoms with Crippen molar-refractivity contribution in [3.8, 4) is 0 Å². The Labute approximate surface area is 157 Å². The van der Waals surface area contributed by atoms with E-state index in [-0.39, 0.29) is 5.91 Å². The smallest absolute Gasteiger partial charge is 0.254 e. The zero-order valence-corrected chi connectivity index (χ0v) is 15.1. The molecule has 138 valence electrons. The van der Waals surface area contributed by atoms with Gasteiger partial charge >= 0.3 is 0 Å². The Morgan fingerprint density at radius 1 is 1.04 bits per heavy atom. The van der Waals surface area contributed by atoms with Gasteiger partial charge in [0.05, 0.1) is 17.4 Å². The number of amides is 1. The van der Waals surface area contributed by atoms with Crippen LogP contribution in [0.25, 0.3) is 11.0 Å². The predicted octanol–water partition coefficient (Wildman–Crippen LogP) is 1.60. The molecule has 2 saturated heterocycles. The standard InChI is InChI=1S/C20H22N6O/c27-20(15-4-5-17-18(11-15)23-14-22-17)26-12-16(13-26)24-7-9-25(10-8-24)19-3-1-2-6-21-19/h1-6,11,14,16H,7-10,12-13H2,(H,22,23). The summed E-state index contributed by atoms with van der Waals surface area (Å²) in [6.07, 6.45) is 3.50. The molecule has 5 rings (SSSR count). The summed E-state index contributed by atoms with van der Waals surface area (Å²) in [6.45, 7) is 5.62. The first-order valence-electron chi connectivity index (χ1n) is 9.40. The van der Waals surface area contributed by atoms with E-state index in [4.69, 9.17) is 0 Å². The van der Waals surface area contributed by atoms with Gasteiger partial charge < -0.3 is 14.8 Å². The molecule has 0 radical (unpaired) electrons. The number of piperazine rings is 1. The Kier molecular flexibility index (Phi) is 4.01. The van der Waals surface area contributed by atoms with Gasteiger partial charge in [0, 0.05) is 57.1 Å². The first-order chi connectivity index (χ1) is 13.3. The third-order valence-corrected chi connectivity index (χ3v) is 5.62. The van der Waals surface area contributed by atoms with Crippen LogP contribution in [0.1, 0.15) is 10.4 Å². The van der Waals surface area contributed by atoms with E-state index in [9.17, 15) is 4.79 Å². The number of aromatic nitrogens is 3. The summed E-state index contributed by atoms with van der Waals surface area (Å²) in [5, 5.41) is 0. The van der Waals surface area contributed by atoms with Crippen molar-refractivity contribution in [2.45, 2.75) is 6.04 Å². The van der Waals surface area contributed by atoms with Crippen LogP contribution < -0.4 is 4.90 Å². The minimum Gasteiger partial charge on any atom is -0.354 e. The van der Waals surface area contributed by atoms with Crippen molar-refractivity contribution in [3.63, 3.8) is 0 Å². The van der Waals surface area contributed by atoms with Gasteiger partial charge in [-0.2, -0.15) is 0 Å². The quantitative estimate of drug-likeness (QED) is 0.767. The second kappa shape index (κ2) is 6.66. The molecule has 0 spiro atoms. The number of aromatic amines is 1. The van der Waals surface area contributed by atoms with Crippen LogP contribution in [-0.4, -0.2) is 76.0 Å². The number of H-pyrrole nitrogens is 1. The summed E-state index contributed by atoms with van der Waals surface area (Å²) in [5.41, 5.74) is 2.52. The van der Waals surface area contributed by atoms with E-state index < -0.39 is 0 Å². The van der Waals surface area contributed by atoms with E-state index in [1.54, 1.807) is 6.33 Å². The number of carbonyl (C=O) groups is 1. The van der Waals surface area contributed by atoms with E-state index in [2.05, 4.69) is 30.8 Å². The summed E-state index contributed by atoms with van der Waals surface area (Å²) >= 11 is 0. The molecule has 0 unspecified atom stereocenters. The van der Waals surface area contributed by atoms with Crippen molar-refractivity contribution in [3.05, 3.63) is 54.5 Å². The van der Waals surface area contributed by atoms with Gasteiger partial charge in [-0.15, -0.1) is 0 Å². The van der Waals surface area contributed by atoms with Crippen LogP contribution in [-0.2, 0) is 0 Å². The molecule has 2 aliphatic heterocycles. The fraction of sp³-hybridized carbons (Fsp3) is 0.350. The first-order valence-corrected chi connectivity index (χ1v) is 9.40. The molecule has 2 aliphatic rings. The molecule has 2 aromatic heterocycles. The van der Waals surface area contributed by atoms with Crippen LogP contribution >= 0.6 is 0 Å². The third-order valence-electron chi connectivity index (χ3n) is 5.62. The van der Waals surface area contributed by atoms with Crippen LogP contribution in [0, 0.1) is 0 Å². The molecule has 7 nitrogen and oxygen atoms in total. The van der Waals surface area contributed by atoms with Gasteiger partial charge in [0.2, 0.25) is 0 Å². The molecule has 2 fully saturated rings. The monoisotopic (exact) mass is 362 g/mol. The van der Waals surface area contributed by atoms with Gasteiger partial charge in [-0.3, -0.25) is 9.69 Å². The summed E-state index contributed by atoms with van der Waals surface area (Å²) in [4.78, 5) is 31.2. The molecule has 1 amide bonds. The van der Waals surface area contributed by atoms with Crippen molar-refractivity contribution in [2.75, 3.05) is 44.2 Å². The van der Waals surface area contributed by atoms with Gasteiger partial charge in [0.25, 0.3) is 5.91 Å². The topological polar surface area (TPSA) is 68.4 Å². The predicted molar refractivity (Wildman–Crippen MR) is 104 cm³/mol. The zero-order chi connectivity index (χ0) is 18.2. The number of benzene rings is 1. The van der Waals surface area contributed by atoms with Crippen LogP contribution in [0.3, 0.4) is 0 Å². The Morgan fingerprint density at radius 2 is 1.89 bits per heavy atom. The molecular weight excluding hydrogens is 340 g/mol. The first kappa shape index (κ1) is 16.3. The second-order valence-corrected chi connectivity index (χ2v) is 7.21. The number of imidazole rings is 1. The van der Waals surface area contributed by atoms with Gasteiger partial charge in [-0.05, 0) is 30.3 Å². The molecule has 1 N–H and O–H groups in total. The van der Waals surface area contributed by atoms with Crippen molar-refractivity contribution in [1.29, 1.82) is 0 Å². The fourth-order valence-corrected chi connectivity index (χ4v) is 3.96. The molecule has 4 heterocycles. The lowest BCUT2D eigenvalue weighted by molar-refractivity contribution is 0.0246. The maximum atomic E-state index is 12.7. The number of hydrogen-bond acceptors (Lipinski definition) is 5. The number of anilines is 1. The highest BCUT2D eigenvalue weighted by Gasteiger charge is 2.36. The molecule has 0 saturated carbocycles. The van der Waals surface area contributed by atoms with Crippen LogP contribution in [0.15, 0.2) is 48.9 Å². The summed E-state index contributed by atoms with van der Waals surface area (Å²) in [6, 6.07) is 12.2. The molecule has 7 heteroatoms. The van der Waals surface area contributed by atoms with Gasteiger partial charge in [-0.25, -0.2) is 9.97 Å². The Bertz CT molecular complexity index is 941. The maximum Gasteiger partial charge on any atom is 0.254 e. The number of pyridine rings is 1. The van der Waals surface area contributed by atoms with E-state index in [1.807, 2.05) is 41.4 Å². The molecule has 3 aromatic rings. The van der Waals surface area contributed by atoms with Crippen LogP contribution in [0.5, 0.6) is 0 Å². The van der Waals surface area contributed by atoms with Gasteiger partial charge in [0.1, 0.15) is 5.82 Å². The molecule has 27 heavy (non-hydrogen) atoms. The lowest BCUT2D eigenvalue weighted by atomic mass is 10.0. The average Bonchev–Trinajstić information content (AvgIpc) is 3.16.